The molecule has 0 saturated heterocycles. The summed E-state index contributed by atoms with van der Waals surface area (Å²) in [7, 11) is 1.82. The van der Waals surface area contributed by atoms with Crippen molar-refractivity contribution in [2.75, 3.05) is 0 Å². The van der Waals surface area contributed by atoms with Crippen LogP contribution in [0.2, 0.25) is 10.0 Å². The van der Waals surface area contributed by atoms with Crippen LogP contribution in [-0.2, 0) is 13.6 Å². The summed E-state index contributed by atoms with van der Waals surface area (Å²) in [5.74, 6) is -0.144. The molecule has 1 aromatic carbocycles. The van der Waals surface area contributed by atoms with Crippen LogP contribution < -0.4 is 9.88 Å². The molecule has 0 unspecified atom stereocenters. The van der Waals surface area contributed by atoms with Gasteiger partial charge in [-0.1, -0.05) is 29.3 Å². The Morgan fingerprint density at radius 3 is 2.74 bits per heavy atom. The Labute approximate surface area is 121 Å². The summed E-state index contributed by atoms with van der Waals surface area (Å²) in [5.41, 5.74) is 1.42. The van der Waals surface area contributed by atoms with Gasteiger partial charge < -0.3 is 5.32 Å². The zero-order chi connectivity index (χ0) is 13.8. The minimum Gasteiger partial charge on any atom is -0.343 e. The third-order valence-electron chi connectivity index (χ3n) is 2.74. The molecule has 0 saturated carbocycles. The lowest BCUT2D eigenvalue weighted by Crippen LogP contribution is -2.40. The lowest BCUT2D eigenvalue weighted by molar-refractivity contribution is -0.673. The van der Waals surface area contributed by atoms with Crippen LogP contribution in [0, 0.1) is 0 Å². The van der Waals surface area contributed by atoms with Crippen LogP contribution >= 0.6 is 23.2 Å². The second-order valence-corrected chi connectivity index (χ2v) is 4.96. The number of pyridine rings is 1. The summed E-state index contributed by atoms with van der Waals surface area (Å²) in [6.07, 6.45) is 1.82. The first-order valence-corrected chi connectivity index (χ1v) is 6.50. The molecule has 0 aliphatic heterocycles. The number of nitrogens with zero attached hydrogens (tertiary/aromatic N) is 1. The minimum absolute atomic E-state index is 0.144. The fraction of sp³-hybridized carbons (Fsp3) is 0.143. The molecule has 5 heteroatoms. The molecule has 0 atom stereocenters. The zero-order valence-corrected chi connectivity index (χ0v) is 11.9. The van der Waals surface area contributed by atoms with E-state index in [0.29, 0.717) is 22.3 Å². The smallest absolute Gasteiger partial charge is 0.316 e. The third kappa shape index (κ3) is 3.46. The highest BCUT2D eigenvalue weighted by Gasteiger charge is 2.15. The first-order valence-electron chi connectivity index (χ1n) is 5.74. The quantitative estimate of drug-likeness (QED) is 0.868. The number of amides is 1. The highest BCUT2D eigenvalue weighted by Crippen LogP contribution is 2.20. The number of nitrogens with one attached hydrogen (secondary N) is 1. The summed E-state index contributed by atoms with van der Waals surface area (Å²) >= 11 is 11.9. The summed E-state index contributed by atoms with van der Waals surface area (Å²) in [6.45, 7) is 0.365. The molecule has 0 spiro atoms. The van der Waals surface area contributed by atoms with Crippen LogP contribution in [0.4, 0.5) is 0 Å². The first kappa shape index (κ1) is 13.8. The van der Waals surface area contributed by atoms with Crippen molar-refractivity contribution in [3.63, 3.8) is 0 Å². The van der Waals surface area contributed by atoms with Crippen molar-refractivity contribution >= 4 is 29.1 Å². The van der Waals surface area contributed by atoms with E-state index in [4.69, 9.17) is 23.2 Å². The van der Waals surface area contributed by atoms with Crippen molar-refractivity contribution in [2.24, 2.45) is 7.05 Å². The molecule has 0 radical (unpaired) electrons. The van der Waals surface area contributed by atoms with Crippen molar-refractivity contribution in [1.29, 1.82) is 0 Å². The van der Waals surface area contributed by atoms with E-state index in [1.165, 1.54) is 0 Å². The summed E-state index contributed by atoms with van der Waals surface area (Å²) in [6, 6.07) is 10.7. The molecular formula is C14H13Cl2N2O+. The normalized spacial score (nSPS) is 10.3. The first-order chi connectivity index (χ1) is 9.08. The van der Waals surface area contributed by atoms with E-state index in [0.717, 1.165) is 5.56 Å². The number of aromatic nitrogens is 1. The van der Waals surface area contributed by atoms with Gasteiger partial charge in [-0.3, -0.25) is 4.79 Å². The topological polar surface area (TPSA) is 33.0 Å². The average molecular weight is 296 g/mol. The number of aryl methyl sites for hydroxylation is 1. The second kappa shape index (κ2) is 6.04. The fourth-order valence-electron chi connectivity index (χ4n) is 1.69. The molecule has 2 aromatic rings. The summed E-state index contributed by atoms with van der Waals surface area (Å²) < 4.78 is 1.76. The van der Waals surface area contributed by atoms with E-state index in [1.54, 1.807) is 28.8 Å². The van der Waals surface area contributed by atoms with E-state index in [1.807, 2.05) is 25.4 Å². The Hall–Kier alpha value is -1.58. The molecule has 98 valence electrons. The molecule has 1 N–H and O–H groups in total. The Morgan fingerprint density at radius 1 is 1.26 bits per heavy atom. The molecule has 3 nitrogen and oxygen atoms in total. The molecule has 0 bridgehead atoms. The molecular weight excluding hydrogens is 283 g/mol. The molecule has 19 heavy (non-hydrogen) atoms. The number of rotatable bonds is 3. The molecule has 2 rings (SSSR count). The van der Waals surface area contributed by atoms with Gasteiger partial charge in [0.25, 0.3) is 5.69 Å². The Morgan fingerprint density at radius 2 is 2.05 bits per heavy atom. The maximum Gasteiger partial charge on any atom is 0.316 e. The molecule has 0 fully saturated rings. The number of hydrogen-bond donors (Lipinski definition) is 1. The van der Waals surface area contributed by atoms with Gasteiger partial charge in [-0.05, 0) is 23.8 Å². The van der Waals surface area contributed by atoms with E-state index in [2.05, 4.69) is 5.32 Å². The van der Waals surface area contributed by atoms with Crippen molar-refractivity contribution in [3.8, 4) is 0 Å². The lowest BCUT2D eigenvalue weighted by Gasteiger charge is -2.06. The van der Waals surface area contributed by atoms with Gasteiger partial charge in [0, 0.05) is 28.7 Å². The SMILES string of the molecule is C[n+]1ccccc1C(=O)NCc1ccc(Cl)cc1Cl. The second-order valence-electron chi connectivity index (χ2n) is 4.12. The maximum atomic E-state index is 12.0. The molecule has 1 amide bonds. The number of carbonyl (C=O) groups excluding carboxylic acids is 1. The highest BCUT2D eigenvalue weighted by molar-refractivity contribution is 6.35. The van der Waals surface area contributed by atoms with Crippen molar-refractivity contribution in [1.82, 2.24) is 5.32 Å². The maximum absolute atomic E-state index is 12.0. The van der Waals surface area contributed by atoms with Gasteiger partial charge in [-0.2, -0.15) is 4.57 Å². The van der Waals surface area contributed by atoms with Gasteiger partial charge >= 0.3 is 5.91 Å². The molecule has 0 aliphatic rings. The van der Waals surface area contributed by atoms with Crippen LogP contribution in [0.25, 0.3) is 0 Å². The van der Waals surface area contributed by atoms with Crippen LogP contribution in [0.15, 0.2) is 42.6 Å². The van der Waals surface area contributed by atoms with Crippen molar-refractivity contribution in [3.05, 3.63) is 63.9 Å². The van der Waals surface area contributed by atoms with Gasteiger partial charge in [-0.25, -0.2) is 0 Å². The molecule has 1 heterocycles. The van der Waals surface area contributed by atoms with Gasteiger partial charge in [0.1, 0.15) is 7.05 Å². The number of halogens is 2. The highest BCUT2D eigenvalue weighted by atomic mass is 35.5. The van der Waals surface area contributed by atoms with Crippen LogP contribution in [0.5, 0.6) is 0 Å². The molecule has 0 aliphatic carbocycles. The van der Waals surface area contributed by atoms with Crippen LogP contribution in [0.1, 0.15) is 16.1 Å². The minimum atomic E-state index is -0.144. The predicted molar refractivity (Wildman–Crippen MR) is 75.3 cm³/mol. The largest absolute Gasteiger partial charge is 0.343 e. The fourth-order valence-corrected chi connectivity index (χ4v) is 2.17. The van der Waals surface area contributed by atoms with Gasteiger partial charge in [0.2, 0.25) is 0 Å². The zero-order valence-electron chi connectivity index (χ0n) is 10.4. The number of hydrogen-bond acceptors (Lipinski definition) is 1. The van der Waals surface area contributed by atoms with Gasteiger partial charge in [0.15, 0.2) is 6.20 Å². The summed E-state index contributed by atoms with van der Waals surface area (Å²) in [4.78, 5) is 12.0. The van der Waals surface area contributed by atoms with E-state index in [-0.39, 0.29) is 5.91 Å². The van der Waals surface area contributed by atoms with Gasteiger partial charge in [-0.15, -0.1) is 0 Å². The van der Waals surface area contributed by atoms with E-state index >= 15 is 0 Å². The van der Waals surface area contributed by atoms with Crippen molar-refractivity contribution < 1.29 is 9.36 Å². The molecule has 1 aromatic heterocycles. The van der Waals surface area contributed by atoms with E-state index < -0.39 is 0 Å². The Bertz CT molecular complexity index is 614. The van der Waals surface area contributed by atoms with E-state index in [9.17, 15) is 4.79 Å². The summed E-state index contributed by atoms with van der Waals surface area (Å²) in [5, 5.41) is 3.95. The number of carbonyl (C=O) groups is 1. The average Bonchev–Trinajstić information content (AvgIpc) is 2.38. The van der Waals surface area contributed by atoms with Crippen LogP contribution in [-0.4, -0.2) is 5.91 Å². The standard InChI is InChI=1S/C14H12Cl2N2O/c1-18-7-3-2-4-13(18)14(19)17-9-10-5-6-11(15)8-12(10)16/h2-8H,9H2,1H3/p+1. The Balaban J connectivity index is 2.07. The monoisotopic (exact) mass is 295 g/mol. The Kier molecular flexibility index (Phi) is 4.40. The van der Waals surface area contributed by atoms with Gasteiger partial charge in [0.05, 0.1) is 0 Å². The predicted octanol–water partition coefficient (Wildman–Crippen LogP) is 2.75. The third-order valence-corrected chi connectivity index (χ3v) is 3.33. The number of benzene rings is 1. The van der Waals surface area contributed by atoms with Crippen LogP contribution in [0.3, 0.4) is 0 Å². The van der Waals surface area contributed by atoms with Crippen molar-refractivity contribution in [2.45, 2.75) is 6.54 Å². The lowest BCUT2D eigenvalue weighted by atomic mass is 10.2.